The van der Waals surface area contributed by atoms with Gasteiger partial charge in [0.1, 0.15) is 0 Å². The van der Waals surface area contributed by atoms with Crippen LogP contribution in [0.1, 0.15) is 12.8 Å². The first-order chi connectivity index (χ1) is 8.05. The lowest BCUT2D eigenvalue weighted by molar-refractivity contribution is 0.291. The molecule has 1 aromatic rings. The molecule has 1 aromatic heterocycles. The van der Waals surface area contributed by atoms with Gasteiger partial charge in [-0.15, -0.1) is 0 Å². The summed E-state index contributed by atoms with van der Waals surface area (Å²) in [6.45, 7) is 1.12. The van der Waals surface area contributed by atoms with Gasteiger partial charge in [-0.3, -0.25) is 4.68 Å². The van der Waals surface area contributed by atoms with Gasteiger partial charge in [0.25, 0.3) is 10.0 Å². The SMILES string of the molecule is CNC1CCCN(S(=O)(=O)c2ccnn2C)C1. The van der Waals surface area contributed by atoms with Crippen LogP contribution in [0.4, 0.5) is 0 Å². The Labute approximate surface area is 102 Å². The second-order valence-corrected chi connectivity index (χ2v) is 6.17. The summed E-state index contributed by atoms with van der Waals surface area (Å²) in [5.74, 6) is 0. The Bertz CT molecular complexity index is 482. The highest BCUT2D eigenvalue weighted by Gasteiger charge is 2.31. The first-order valence-corrected chi connectivity index (χ1v) is 7.15. The summed E-state index contributed by atoms with van der Waals surface area (Å²) in [5.41, 5.74) is 0. The topological polar surface area (TPSA) is 67.2 Å². The number of aromatic nitrogens is 2. The molecule has 6 nitrogen and oxygen atoms in total. The fourth-order valence-corrected chi connectivity index (χ4v) is 3.77. The van der Waals surface area contributed by atoms with Gasteiger partial charge < -0.3 is 5.32 Å². The Morgan fingerprint density at radius 2 is 2.29 bits per heavy atom. The summed E-state index contributed by atoms with van der Waals surface area (Å²) in [7, 11) is 0.113. The minimum Gasteiger partial charge on any atom is -0.316 e. The van der Waals surface area contributed by atoms with E-state index in [1.54, 1.807) is 13.1 Å². The fourth-order valence-electron chi connectivity index (χ4n) is 2.14. The molecule has 0 amide bonds. The van der Waals surface area contributed by atoms with E-state index < -0.39 is 10.0 Å². The van der Waals surface area contributed by atoms with Crippen molar-refractivity contribution >= 4 is 10.0 Å². The van der Waals surface area contributed by atoms with Crippen LogP contribution in [0, 0.1) is 0 Å². The van der Waals surface area contributed by atoms with E-state index in [9.17, 15) is 8.42 Å². The quantitative estimate of drug-likeness (QED) is 0.815. The molecule has 0 spiro atoms. The fraction of sp³-hybridized carbons (Fsp3) is 0.700. The summed E-state index contributed by atoms with van der Waals surface area (Å²) in [5, 5.41) is 7.31. The monoisotopic (exact) mass is 258 g/mol. The summed E-state index contributed by atoms with van der Waals surface area (Å²) in [6.07, 6.45) is 3.42. The molecule has 1 aliphatic heterocycles. The lowest BCUT2D eigenvalue weighted by Gasteiger charge is -2.31. The first-order valence-electron chi connectivity index (χ1n) is 5.71. The predicted molar refractivity (Wildman–Crippen MR) is 64.0 cm³/mol. The van der Waals surface area contributed by atoms with Crippen LogP contribution in [0.5, 0.6) is 0 Å². The molecule has 1 saturated heterocycles. The van der Waals surface area contributed by atoms with Gasteiger partial charge in [-0.1, -0.05) is 0 Å². The predicted octanol–water partition coefficient (Wildman–Crippen LogP) is -0.207. The van der Waals surface area contributed by atoms with E-state index in [1.807, 2.05) is 7.05 Å². The second-order valence-electron chi connectivity index (χ2n) is 4.28. The third kappa shape index (κ3) is 2.36. The summed E-state index contributed by atoms with van der Waals surface area (Å²) < 4.78 is 27.7. The number of piperidine rings is 1. The normalized spacial score (nSPS) is 22.8. The van der Waals surface area contributed by atoms with Gasteiger partial charge in [0.2, 0.25) is 0 Å². The maximum absolute atomic E-state index is 12.4. The molecule has 0 aromatic carbocycles. The summed E-state index contributed by atoms with van der Waals surface area (Å²) >= 11 is 0. The molecular formula is C10H18N4O2S. The molecule has 1 fully saturated rings. The maximum atomic E-state index is 12.4. The molecule has 2 heterocycles. The molecule has 1 N–H and O–H groups in total. The van der Waals surface area contributed by atoms with Crippen molar-refractivity contribution in [1.82, 2.24) is 19.4 Å². The highest BCUT2D eigenvalue weighted by atomic mass is 32.2. The van der Waals surface area contributed by atoms with Crippen LogP contribution in [0.2, 0.25) is 0 Å². The molecule has 0 saturated carbocycles. The van der Waals surface area contributed by atoms with Crippen LogP contribution < -0.4 is 5.32 Å². The van der Waals surface area contributed by atoms with Crippen LogP contribution in [-0.4, -0.2) is 48.7 Å². The maximum Gasteiger partial charge on any atom is 0.260 e. The van der Waals surface area contributed by atoms with E-state index in [-0.39, 0.29) is 11.1 Å². The van der Waals surface area contributed by atoms with Crippen LogP contribution in [0.15, 0.2) is 17.3 Å². The Morgan fingerprint density at radius 1 is 1.53 bits per heavy atom. The molecule has 0 bridgehead atoms. The van der Waals surface area contributed by atoms with Gasteiger partial charge in [0.05, 0.1) is 6.20 Å². The van der Waals surface area contributed by atoms with Crippen molar-refractivity contribution in [1.29, 1.82) is 0 Å². The summed E-state index contributed by atoms with van der Waals surface area (Å²) in [4.78, 5) is 0. The zero-order valence-corrected chi connectivity index (χ0v) is 10.9. The van der Waals surface area contributed by atoms with Gasteiger partial charge in [-0.05, 0) is 26.0 Å². The molecule has 0 aliphatic carbocycles. The van der Waals surface area contributed by atoms with E-state index in [2.05, 4.69) is 10.4 Å². The Balaban J connectivity index is 2.24. The molecule has 0 radical (unpaired) electrons. The molecule has 96 valence electrons. The van der Waals surface area contributed by atoms with E-state index >= 15 is 0 Å². The zero-order chi connectivity index (χ0) is 12.5. The second kappa shape index (κ2) is 4.75. The molecule has 2 rings (SSSR count). The Kier molecular flexibility index (Phi) is 3.50. The van der Waals surface area contributed by atoms with E-state index in [0.29, 0.717) is 13.1 Å². The number of nitrogens with one attached hydrogen (secondary N) is 1. The molecular weight excluding hydrogens is 240 g/mol. The van der Waals surface area contributed by atoms with Crippen molar-refractivity contribution in [2.24, 2.45) is 7.05 Å². The number of hydrogen-bond acceptors (Lipinski definition) is 4. The average molecular weight is 258 g/mol. The number of sulfonamides is 1. The Morgan fingerprint density at radius 3 is 2.88 bits per heavy atom. The number of nitrogens with zero attached hydrogens (tertiary/aromatic N) is 3. The third-order valence-electron chi connectivity index (χ3n) is 3.17. The standard InChI is InChI=1S/C10H18N4O2S/c1-11-9-4-3-7-14(8-9)17(15,16)10-5-6-12-13(10)2/h5-6,9,11H,3-4,7-8H2,1-2H3. The van der Waals surface area contributed by atoms with Crippen LogP contribution >= 0.6 is 0 Å². The highest BCUT2D eigenvalue weighted by Crippen LogP contribution is 2.19. The minimum atomic E-state index is -3.40. The van der Waals surface area contributed by atoms with Crippen LogP contribution in [0.25, 0.3) is 0 Å². The van der Waals surface area contributed by atoms with Gasteiger partial charge in [-0.2, -0.15) is 9.40 Å². The zero-order valence-electron chi connectivity index (χ0n) is 10.1. The van der Waals surface area contributed by atoms with Crippen molar-refractivity contribution in [3.05, 3.63) is 12.3 Å². The largest absolute Gasteiger partial charge is 0.316 e. The Hall–Kier alpha value is -0.920. The van der Waals surface area contributed by atoms with Crippen LogP contribution in [0.3, 0.4) is 0 Å². The van der Waals surface area contributed by atoms with Crippen molar-refractivity contribution in [3.63, 3.8) is 0 Å². The van der Waals surface area contributed by atoms with E-state index in [0.717, 1.165) is 12.8 Å². The smallest absolute Gasteiger partial charge is 0.260 e. The molecule has 1 atom stereocenters. The number of likely N-dealkylation sites (N-methyl/N-ethyl adjacent to an activating group) is 1. The first kappa shape index (κ1) is 12.5. The third-order valence-corrected chi connectivity index (χ3v) is 5.11. The van der Waals surface area contributed by atoms with Crippen LogP contribution in [-0.2, 0) is 17.1 Å². The van der Waals surface area contributed by atoms with Gasteiger partial charge >= 0.3 is 0 Å². The van der Waals surface area contributed by atoms with Crippen molar-refractivity contribution in [2.75, 3.05) is 20.1 Å². The average Bonchev–Trinajstić information content (AvgIpc) is 2.76. The number of rotatable bonds is 3. The van der Waals surface area contributed by atoms with E-state index in [1.165, 1.54) is 15.2 Å². The molecule has 17 heavy (non-hydrogen) atoms. The van der Waals surface area contributed by atoms with Crippen molar-refractivity contribution in [2.45, 2.75) is 23.9 Å². The minimum absolute atomic E-state index is 0.242. The van der Waals surface area contributed by atoms with Gasteiger partial charge in [0.15, 0.2) is 5.03 Å². The molecule has 1 aliphatic rings. The highest BCUT2D eigenvalue weighted by molar-refractivity contribution is 7.89. The number of hydrogen-bond donors (Lipinski definition) is 1. The summed E-state index contributed by atoms with van der Waals surface area (Å²) in [6, 6.07) is 1.78. The van der Waals surface area contributed by atoms with Gasteiger partial charge in [-0.25, -0.2) is 8.42 Å². The van der Waals surface area contributed by atoms with Crippen molar-refractivity contribution in [3.8, 4) is 0 Å². The molecule has 1 unspecified atom stereocenters. The lowest BCUT2D eigenvalue weighted by atomic mass is 10.1. The van der Waals surface area contributed by atoms with E-state index in [4.69, 9.17) is 0 Å². The van der Waals surface area contributed by atoms with Crippen molar-refractivity contribution < 1.29 is 8.42 Å². The van der Waals surface area contributed by atoms with Gasteiger partial charge in [0, 0.05) is 26.2 Å². The molecule has 7 heteroatoms. The lowest BCUT2D eigenvalue weighted by Crippen LogP contribution is -2.47. The number of aryl methyl sites for hydroxylation is 1.